The number of hydrogen-bond acceptors (Lipinski definition) is 5. The quantitative estimate of drug-likeness (QED) is 0.807. The van der Waals surface area contributed by atoms with Crippen LogP contribution in [0.4, 0.5) is 11.4 Å². The number of benzene rings is 1. The number of nitrogens with zero attached hydrogens (tertiary/aromatic N) is 1. The lowest BCUT2D eigenvalue weighted by Crippen LogP contribution is -2.12. The van der Waals surface area contributed by atoms with E-state index in [4.69, 9.17) is 14.9 Å². The summed E-state index contributed by atoms with van der Waals surface area (Å²) in [7, 11) is 1.53. The zero-order chi connectivity index (χ0) is 13.1. The van der Waals surface area contributed by atoms with Gasteiger partial charge >= 0.3 is 0 Å². The largest absolute Gasteiger partial charge is 0.495 e. The van der Waals surface area contributed by atoms with E-state index in [9.17, 15) is 4.79 Å². The minimum Gasteiger partial charge on any atom is -0.495 e. The van der Waals surface area contributed by atoms with E-state index in [-0.39, 0.29) is 11.7 Å². The van der Waals surface area contributed by atoms with Crippen molar-refractivity contribution in [1.29, 1.82) is 0 Å². The maximum Gasteiger partial charge on any atom is 0.293 e. The van der Waals surface area contributed by atoms with E-state index in [1.807, 2.05) is 0 Å². The SMILES string of the molecule is COc1ccc(NC(=O)c2ocnc2C)cc1N. The lowest BCUT2D eigenvalue weighted by molar-refractivity contribution is 0.0996. The third-order valence-corrected chi connectivity index (χ3v) is 2.44. The molecule has 0 saturated carbocycles. The third kappa shape index (κ3) is 2.27. The highest BCUT2D eigenvalue weighted by Gasteiger charge is 2.14. The molecule has 0 radical (unpaired) electrons. The molecule has 3 N–H and O–H groups in total. The smallest absolute Gasteiger partial charge is 0.293 e. The molecular weight excluding hydrogens is 234 g/mol. The minimum atomic E-state index is -0.366. The molecule has 2 aromatic rings. The molecule has 0 aliphatic rings. The van der Waals surface area contributed by atoms with Gasteiger partial charge in [-0.05, 0) is 25.1 Å². The Morgan fingerprint density at radius 1 is 1.50 bits per heavy atom. The van der Waals surface area contributed by atoms with Crippen LogP contribution in [0.5, 0.6) is 5.75 Å². The molecule has 1 amide bonds. The monoisotopic (exact) mass is 247 g/mol. The van der Waals surface area contributed by atoms with E-state index < -0.39 is 0 Å². The van der Waals surface area contributed by atoms with E-state index in [0.717, 1.165) is 0 Å². The molecule has 1 aromatic heterocycles. The number of amides is 1. The number of methoxy groups -OCH3 is 1. The summed E-state index contributed by atoms with van der Waals surface area (Å²) in [6.45, 7) is 1.70. The van der Waals surface area contributed by atoms with Crippen LogP contribution in [0.3, 0.4) is 0 Å². The zero-order valence-electron chi connectivity index (χ0n) is 10.1. The average molecular weight is 247 g/mol. The number of carbonyl (C=O) groups is 1. The van der Waals surface area contributed by atoms with Crippen molar-refractivity contribution in [2.45, 2.75) is 6.92 Å². The maximum atomic E-state index is 11.8. The summed E-state index contributed by atoms with van der Waals surface area (Å²) in [6, 6.07) is 4.99. The Balaban J connectivity index is 2.17. The lowest BCUT2D eigenvalue weighted by atomic mass is 10.2. The number of nitrogens with two attached hydrogens (primary N) is 1. The average Bonchev–Trinajstić information content (AvgIpc) is 2.76. The molecule has 0 spiro atoms. The van der Waals surface area contributed by atoms with E-state index >= 15 is 0 Å². The second-order valence-corrected chi connectivity index (χ2v) is 3.68. The standard InChI is InChI=1S/C12H13N3O3/c1-7-11(18-6-14-7)12(16)15-8-3-4-10(17-2)9(13)5-8/h3-6H,13H2,1-2H3,(H,15,16). The Labute approximate surface area is 104 Å². The molecule has 2 rings (SSSR count). The number of aromatic nitrogens is 1. The van der Waals surface area contributed by atoms with Crippen LogP contribution in [0.25, 0.3) is 0 Å². The number of nitrogen functional groups attached to an aromatic ring is 1. The summed E-state index contributed by atoms with van der Waals surface area (Å²) in [5, 5.41) is 2.67. The number of hydrogen-bond donors (Lipinski definition) is 2. The predicted molar refractivity (Wildman–Crippen MR) is 66.6 cm³/mol. The van der Waals surface area contributed by atoms with Crippen LogP contribution >= 0.6 is 0 Å². The second kappa shape index (κ2) is 4.79. The molecule has 1 heterocycles. The van der Waals surface area contributed by atoms with E-state index in [1.165, 1.54) is 13.5 Å². The first-order chi connectivity index (χ1) is 8.61. The van der Waals surface area contributed by atoms with Crippen LogP contribution in [0.15, 0.2) is 29.0 Å². The van der Waals surface area contributed by atoms with Crippen molar-refractivity contribution >= 4 is 17.3 Å². The van der Waals surface area contributed by atoms with E-state index in [2.05, 4.69) is 10.3 Å². The van der Waals surface area contributed by atoms with E-state index in [1.54, 1.807) is 25.1 Å². The van der Waals surface area contributed by atoms with Crippen molar-refractivity contribution in [3.05, 3.63) is 36.0 Å². The molecule has 0 saturated heterocycles. The van der Waals surface area contributed by atoms with Gasteiger partial charge in [-0.2, -0.15) is 0 Å². The van der Waals surface area contributed by atoms with Crippen molar-refractivity contribution < 1.29 is 13.9 Å². The summed E-state index contributed by atoms with van der Waals surface area (Å²) in [6.07, 6.45) is 1.23. The number of anilines is 2. The van der Waals surface area contributed by atoms with Crippen molar-refractivity contribution in [2.75, 3.05) is 18.2 Å². The highest BCUT2D eigenvalue weighted by molar-refractivity contribution is 6.03. The molecule has 94 valence electrons. The van der Waals surface area contributed by atoms with Gasteiger partial charge in [-0.25, -0.2) is 4.98 Å². The first-order valence-electron chi connectivity index (χ1n) is 5.26. The van der Waals surface area contributed by atoms with Gasteiger partial charge < -0.3 is 20.2 Å². The van der Waals surface area contributed by atoms with Crippen molar-refractivity contribution in [3.63, 3.8) is 0 Å². The third-order valence-electron chi connectivity index (χ3n) is 2.44. The van der Waals surface area contributed by atoms with Crippen LogP contribution in [0.2, 0.25) is 0 Å². The van der Waals surface area contributed by atoms with Gasteiger partial charge in [0.2, 0.25) is 5.76 Å². The number of carbonyl (C=O) groups excluding carboxylic acids is 1. The highest BCUT2D eigenvalue weighted by atomic mass is 16.5. The summed E-state index contributed by atoms with van der Waals surface area (Å²) >= 11 is 0. The van der Waals surface area contributed by atoms with Crippen molar-refractivity contribution in [2.24, 2.45) is 0 Å². The molecule has 6 nitrogen and oxygen atoms in total. The summed E-state index contributed by atoms with van der Waals surface area (Å²) < 4.78 is 10.0. The molecule has 0 aliphatic heterocycles. The Hall–Kier alpha value is -2.50. The number of rotatable bonds is 3. The topological polar surface area (TPSA) is 90.4 Å². The van der Waals surface area contributed by atoms with Gasteiger partial charge in [0, 0.05) is 5.69 Å². The predicted octanol–water partition coefficient (Wildman–Crippen LogP) is 1.83. The fourth-order valence-corrected chi connectivity index (χ4v) is 1.52. The number of oxazole rings is 1. The number of nitrogens with one attached hydrogen (secondary N) is 1. The number of ether oxygens (including phenoxy) is 1. The second-order valence-electron chi connectivity index (χ2n) is 3.68. The lowest BCUT2D eigenvalue weighted by Gasteiger charge is -2.07. The summed E-state index contributed by atoms with van der Waals surface area (Å²) in [4.78, 5) is 15.7. The van der Waals surface area contributed by atoms with Crippen LogP contribution in [0.1, 0.15) is 16.2 Å². The summed E-state index contributed by atoms with van der Waals surface area (Å²) in [5.74, 6) is 0.378. The van der Waals surface area contributed by atoms with Crippen molar-refractivity contribution in [3.8, 4) is 5.75 Å². The maximum absolute atomic E-state index is 11.8. The molecule has 0 aliphatic carbocycles. The summed E-state index contributed by atoms with van der Waals surface area (Å²) in [5.41, 5.74) is 7.29. The van der Waals surface area contributed by atoms with Crippen molar-refractivity contribution in [1.82, 2.24) is 4.98 Å². The van der Waals surface area contributed by atoms with Gasteiger partial charge in [0.1, 0.15) is 5.75 Å². The molecule has 18 heavy (non-hydrogen) atoms. The Kier molecular flexibility index (Phi) is 3.18. The van der Waals surface area contributed by atoms with Crippen LogP contribution in [-0.4, -0.2) is 18.0 Å². The fraction of sp³-hybridized carbons (Fsp3) is 0.167. The molecule has 0 atom stereocenters. The van der Waals surface area contributed by atoms with Gasteiger partial charge in [-0.15, -0.1) is 0 Å². The first-order valence-corrected chi connectivity index (χ1v) is 5.26. The molecule has 0 bridgehead atoms. The minimum absolute atomic E-state index is 0.185. The number of aryl methyl sites for hydroxylation is 1. The van der Waals surface area contributed by atoms with Gasteiger partial charge in [0.15, 0.2) is 6.39 Å². The van der Waals surface area contributed by atoms with Gasteiger partial charge in [-0.1, -0.05) is 0 Å². The molecule has 0 fully saturated rings. The first kappa shape index (κ1) is 12.0. The highest BCUT2D eigenvalue weighted by Crippen LogP contribution is 2.24. The van der Waals surface area contributed by atoms with Crippen LogP contribution in [0, 0.1) is 6.92 Å². The molecule has 6 heteroatoms. The molecular formula is C12H13N3O3. The van der Waals surface area contributed by atoms with Gasteiger partial charge in [-0.3, -0.25) is 4.79 Å². The normalized spacial score (nSPS) is 10.1. The Morgan fingerprint density at radius 3 is 2.83 bits per heavy atom. The van der Waals surface area contributed by atoms with Gasteiger partial charge in [0.25, 0.3) is 5.91 Å². The Morgan fingerprint density at radius 2 is 2.28 bits per heavy atom. The van der Waals surface area contributed by atoms with Gasteiger partial charge in [0.05, 0.1) is 18.5 Å². The molecule has 0 unspecified atom stereocenters. The van der Waals surface area contributed by atoms with Crippen LogP contribution in [-0.2, 0) is 0 Å². The van der Waals surface area contributed by atoms with Crippen LogP contribution < -0.4 is 15.8 Å². The molecule has 1 aromatic carbocycles. The van der Waals surface area contributed by atoms with E-state index in [0.29, 0.717) is 22.8 Å². The Bertz CT molecular complexity index is 578. The zero-order valence-corrected chi connectivity index (χ0v) is 10.1. The fourth-order valence-electron chi connectivity index (χ4n) is 1.52.